The number of carbonyl (C=O) groups excluding carboxylic acids is 2. The lowest BCUT2D eigenvalue weighted by Crippen LogP contribution is -2.69. The zero-order chi connectivity index (χ0) is 25.1. The fourth-order valence-electron chi connectivity index (χ4n) is 10.4. The Morgan fingerprint density at radius 2 is 1.53 bits per heavy atom. The number of ketones is 2. The zero-order valence-electron chi connectivity index (χ0n) is 22.3. The number of aliphatic carboxylic acids is 1. The molecule has 0 saturated heterocycles. The predicted molar refractivity (Wildman–Crippen MR) is 132 cm³/mol. The first-order valence-electron chi connectivity index (χ1n) is 13.6. The van der Waals surface area contributed by atoms with Crippen LogP contribution in [0.1, 0.15) is 99.8 Å². The van der Waals surface area contributed by atoms with Gasteiger partial charge < -0.3 is 5.11 Å². The summed E-state index contributed by atoms with van der Waals surface area (Å²) in [4.78, 5) is 39.8. The highest BCUT2D eigenvalue weighted by Crippen LogP contribution is 2.75. The van der Waals surface area contributed by atoms with Crippen molar-refractivity contribution in [1.82, 2.24) is 0 Å². The van der Waals surface area contributed by atoms with Crippen LogP contribution in [0.2, 0.25) is 0 Å². The molecule has 5 aliphatic rings. The Labute approximate surface area is 205 Å². The van der Waals surface area contributed by atoms with Gasteiger partial charge in [0.2, 0.25) is 0 Å². The molecule has 5 rings (SSSR count). The van der Waals surface area contributed by atoms with Gasteiger partial charge in [-0.1, -0.05) is 54.5 Å². The zero-order valence-corrected chi connectivity index (χ0v) is 22.3. The number of hydrogen-bond donors (Lipinski definition) is 1. The molecule has 4 nitrogen and oxygen atoms in total. The molecular formula is C30H44O4. The number of fused-ring (bicyclic) bond motifs is 7. The standard InChI is InChI=1S/C30H44O4/c1-25(2)12-14-30(24(33)34)15-13-29(7)23(18(30)17-25)19(31)16-21-27(5)10-9-22(32)26(3,4)20(27)8-11-28(21,29)6/h9-10,18,20-21,23H,8,11-17H2,1-7H3,(H,33,34)/t18-,20-,21+,23?,27-,28+,29+,30-/m0/s1. The molecule has 5 aliphatic carbocycles. The van der Waals surface area contributed by atoms with Crippen LogP contribution in [0.5, 0.6) is 0 Å². The van der Waals surface area contributed by atoms with E-state index in [1.165, 1.54) is 0 Å². The molecule has 0 heterocycles. The molecule has 4 heteroatoms. The largest absolute Gasteiger partial charge is 0.481 e. The van der Waals surface area contributed by atoms with Crippen molar-refractivity contribution in [3.05, 3.63) is 12.2 Å². The molecule has 4 saturated carbocycles. The normalized spacial score (nSPS) is 51.0. The van der Waals surface area contributed by atoms with Gasteiger partial charge in [0, 0.05) is 17.8 Å². The Hall–Kier alpha value is -1.45. The van der Waals surface area contributed by atoms with Gasteiger partial charge >= 0.3 is 5.97 Å². The predicted octanol–water partition coefficient (Wildman–Crippen LogP) is 6.48. The van der Waals surface area contributed by atoms with Crippen molar-refractivity contribution in [2.24, 2.45) is 56.2 Å². The molecule has 0 bridgehead atoms. The summed E-state index contributed by atoms with van der Waals surface area (Å²) in [5.74, 6) is -0.0185. The average Bonchev–Trinajstić information content (AvgIpc) is 2.72. The Kier molecular flexibility index (Phi) is 4.89. The second-order valence-corrected chi connectivity index (χ2v) is 14.8. The molecule has 0 amide bonds. The Bertz CT molecular complexity index is 990. The minimum absolute atomic E-state index is 0.0517. The lowest BCUT2D eigenvalue weighted by Gasteiger charge is -2.71. The van der Waals surface area contributed by atoms with Crippen LogP contribution < -0.4 is 0 Å². The number of Topliss-reactive ketones (excluding diaryl/α,β-unsaturated/α-hetero) is 1. The molecule has 0 aromatic rings. The van der Waals surface area contributed by atoms with Crippen LogP contribution in [-0.2, 0) is 14.4 Å². The first-order valence-corrected chi connectivity index (χ1v) is 13.6. The van der Waals surface area contributed by atoms with E-state index in [1.54, 1.807) is 6.08 Å². The van der Waals surface area contributed by atoms with Gasteiger partial charge in [0.05, 0.1) is 5.41 Å². The van der Waals surface area contributed by atoms with Crippen molar-refractivity contribution in [2.45, 2.75) is 99.8 Å². The molecule has 8 atom stereocenters. The maximum Gasteiger partial charge on any atom is 0.309 e. The molecule has 34 heavy (non-hydrogen) atoms. The summed E-state index contributed by atoms with van der Waals surface area (Å²) >= 11 is 0. The second-order valence-electron chi connectivity index (χ2n) is 14.8. The Morgan fingerprint density at radius 1 is 0.882 bits per heavy atom. The summed E-state index contributed by atoms with van der Waals surface area (Å²) in [7, 11) is 0. The van der Waals surface area contributed by atoms with E-state index >= 15 is 0 Å². The molecule has 0 spiro atoms. The van der Waals surface area contributed by atoms with Crippen molar-refractivity contribution < 1.29 is 19.5 Å². The maximum atomic E-state index is 14.2. The SMILES string of the molecule is CC1(C)CC[C@]2(C(=O)O)CC[C@]3(C)C(C(=O)C[C@@H]4[C@@]5(C)C=CC(=O)C(C)(C)[C@@H]5CC[C@]43C)[C@@H]2C1. The van der Waals surface area contributed by atoms with Gasteiger partial charge in [0.1, 0.15) is 5.78 Å². The molecule has 4 fully saturated rings. The van der Waals surface area contributed by atoms with E-state index in [9.17, 15) is 19.5 Å². The first-order chi connectivity index (χ1) is 15.6. The molecule has 1 unspecified atom stereocenters. The van der Waals surface area contributed by atoms with Crippen LogP contribution in [-0.4, -0.2) is 22.6 Å². The summed E-state index contributed by atoms with van der Waals surface area (Å²) in [6, 6.07) is 0. The summed E-state index contributed by atoms with van der Waals surface area (Å²) in [6.45, 7) is 15.7. The minimum atomic E-state index is -0.751. The van der Waals surface area contributed by atoms with Gasteiger partial charge in [0.25, 0.3) is 0 Å². The van der Waals surface area contributed by atoms with Gasteiger partial charge in [0.15, 0.2) is 5.78 Å². The number of allylic oxidation sites excluding steroid dienone is 2. The first kappa shape index (κ1) is 24.3. The number of carbonyl (C=O) groups is 3. The van der Waals surface area contributed by atoms with Crippen LogP contribution in [0.25, 0.3) is 0 Å². The van der Waals surface area contributed by atoms with Gasteiger partial charge in [-0.3, -0.25) is 14.4 Å². The smallest absolute Gasteiger partial charge is 0.309 e. The van der Waals surface area contributed by atoms with Crippen LogP contribution in [0.4, 0.5) is 0 Å². The van der Waals surface area contributed by atoms with E-state index in [0.717, 1.165) is 32.1 Å². The van der Waals surface area contributed by atoms with Gasteiger partial charge in [-0.25, -0.2) is 0 Å². The lowest BCUT2D eigenvalue weighted by atomic mass is 9.32. The van der Waals surface area contributed by atoms with E-state index in [4.69, 9.17) is 0 Å². The Balaban J connectivity index is 1.62. The average molecular weight is 469 g/mol. The molecule has 0 aliphatic heterocycles. The molecular weight excluding hydrogens is 424 g/mol. The van der Waals surface area contributed by atoms with Crippen molar-refractivity contribution in [2.75, 3.05) is 0 Å². The summed E-state index contributed by atoms with van der Waals surface area (Å²) in [5.41, 5.74) is -1.55. The van der Waals surface area contributed by atoms with Crippen molar-refractivity contribution >= 4 is 17.5 Å². The third-order valence-electron chi connectivity index (χ3n) is 12.7. The highest BCUT2D eigenvalue weighted by Gasteiger charge is 2.72. The second kappa shape index (κ2) is 6.85. The Morgan fingerprint density at radius 3 is 2.18 bits per heavy atom. The fourth-order valence-corrected chi connectivity index (χ4v) is 10.4. The van der Waals surface area contributed by atoms with Crippen LogP contribution in [0, 0.1) is 56.2 Å². The van der Waals surface area contributed by atoms with Gasteiger partial charge in [-0.2, -0.15) is 0 Å². The number of rotatable bonds is 1. The van der Waals surface area contributed by atoms with Gasteiger partial charge in [-0.15, -0.1) is 0 Å². The van der Waals surface area contributed by atoms with Crippen molar-refractivity contribution in [3.63, 3.8) is 0 Å². The van der Waals surface area contributed by atoms with Crippen LogP contribution in [0.15, 0.2) is 12.2 Å². The van der Waals surface area contributed by atoms with Crippen molar-refractivity contribution in [1.29, 1.82) is 0 Å². The highest BCUT2D eigenvalue weighted by molar-refractivity contribution is 5.96. The number of carboxylic acids is 1. The highest BCUT2D eigenvalue weighted by atomic mass is 16.4. The third kappa shape index (κ3) is 2.75. The van der Waals surface area contributed by atoms with E-state index in [0.29, 0.717) is 25.0 Å². The van der Waals surface area contributed by atoms with E-state index in [1.807, 2.05) is 0 Å². The molecule has 0 radical (unpaired) electrons. The van der Waals surface area contributed by atoms with E-state index < -0.39 is 16.8 Å². The summed E-state index contributed by atoms with van der Waals surface area (Å²) < 4.78 is 0. The maximum absolute atomic E-state index is 14.2. The lowest BCUT2D eigenvalue weighted by molar-refractivity contribution is -0.225. The topological polar surface area (TPSA) is 71.4 Å². The number of carboxylic acid groups (broad SMARTS) is 1. The quantitative estimate of drug-likeness (QED) is 0.478. The van der Waals surface area contributed by atoms with Gasteiger partial charge in [-0.05, 0) is 90.4 Å². The fraction of sp³-hybridized carbons (Fsp3) is 0.833. The molecule has 188 valence electrons. The molecule has 0 aromatic heterocycles. The van der Waals surface area contributed by atoms with Crippen LogP contribution in [0.3, 0.4) is 0 Å². The molecule has 1 N–H and O–H groups in total. The number of hydrogen-bond acceptors (Lipinski definition) is 3. The summed E-state index contributed by atoms with van der Waals surface area (Å²) in [6.07, 6.45) is 10.4. The van der Waals surface area contributed by atoms with Crippen molar-refractivity contribution in [3.8, 4) is 0 Å². The van der Waals surface area contributed by atoms with E-state index in [2.05, 4.69) is 54.5 Å². The third-order valence-corrected chi connectivity index (χ3v) is 12.7. The summed E-state index contributed by atoms with van der Waals surface area (Å²) in [5, 5.41) is 10.5. The van der Waals surface area contributed by atoms with E-state index in [-0.39, 0.29) is 51.1 Å². The molecule has 0 aromatic carbocycles. The van der Waals surface area contributed by atoms with Crippen LogP contribution >= 0.6 is 0 Å². The monoisotopic (exact) mass is 468 g/mol. The minimum Gasteiger partial charge on any atom is -0.481 e.